The van der Waals surface area contributed by atoms with Crippen molar-refractivity contribution < 1.29 is 4.79 Å². The van der Waals surface area contributed by atoms with Crippen molar-refractivity contribution in [3.63, 3.8) is 0 Å². The number of fused-ring (bicyclic) bond motifs is 2. The van der Waals surface area contributed by atoms with Crippen LogP contribution in [0.15, 0.2) is 0 Å². The van der Waals surface area contributed by atoms with E-state index in [1.165, 1.54) is 38.5 Å². The number of amides is 1. The highest BCUT2D eigenvalue weighted by Gasteiger charge is 2.42. The second kappa shape index (κ2) is 5.91. The second-order valence-electron chi connectivity index (χ2n) is 8.49. The van der Waals surface area contributed by atoms with Gasteiger partial charge >= 0.3 is 0 Å². The summed E-state index contributed by atoms with van der Waals surface area (Å²) in [4.78, 5) is 12.7. The molecule has 0 aliphatic heterocycles. The number of nitrogens with one attached hydrogen (secondary N) is 1. The van der Waals surface area contributed by atoms with Gasteiger partial charge in [0.1, 0.15) is 0 Å². The molecule has 3 heteroatoms. The zero-order valence-corrected chi connectivity index (χ0v) is 13.7. The van der Waals surface area contributed by atoms with Gasteiger partial charge in [0.2, 0.25) is 5.91 Å². The summed E-state index contributed by atoms with van der Waals surface area (Å²) in [5, 5.41) is 3.40. The minimum Gasteiger partial charge on any atom is -0.353 e. The molecule has 3 fully saturated rings. The summed E-state index contributed by atoms with van der Waals surface area (Å²) in [5.41, 5.74) is 6.60. The summed E-state index contributed by atoms with van der Waals surface area (Å²) < 4.78 is 0. The Kier molecular flexibility index (Phi) is 4.31. The lowest BCUT2D eigenvalue weighted by molar-refractivity contribution is -0.129. The Bertz CT molecular complexity index is 379. The first-order valence-electron chi connectivity index (χ1n) is 9.03. The molecule has 0 aromatic heterocycles. The molecule has 0 heterocycles. The maximum atomic E-state index is 12.7. The van der Waals surface area contributed by atoms with Crippen molar-refractivity contribution in [3.05, 3.63) is 0 Å². The summed E-state index contributed by atoms with van der Waals surface area (Å²) in [5.74, 6) is 1.72. The Hall–Kier alpha value is -0.570. The largest absolute Gasteiger partial charge is 0.353 e. The van der Waals surface area contributed by atoms with Gasteiger partial charge in [0.05, 0.1) is 0 Å². The Labute approximate surface area is 129 Å². The topological polar surface area (TPSA) is 55.1 Å². The highest BCUT2D eigenvalue weighted by atomic mass is 16.2. The minimum absolute atomic E-state index is 0.220. The molecule has 21 heavy (non-hydrogen) atoms. The van der Waals surface area contributed by atoms with Gasteiger partial charge < -0.3 is 11.1 Å². The Balaban J connectivity index is 1.61. The van der Waals surface area contributed by atoms with E-state index in [2.05, 4.69) is 19.2 Å². The molecule has 3 atom stereocenters. The standard InChI is InChI=1S/C18H32N2O/c1-18(2)9-4-3-8-15(18)20-17(21)14-10-12-6-5-7-13(11-14)16(12)19/h12-16H,3-11,19H2,1-2H3,(H,20,21). The summed E-state index contributed by atoms with van der Waals surface area (Å²) in [6, 6.07) is 0.725. The predicted molar refractivity (Wildman–Crippen MR) is 85.7 cm³/mol. The lowest BCUT2D eigenvalue weighted by Gasteiger charge is -2.45. The van der Waals surface area contributed by atoms with Crippen molar-refractivity contribution in [2.75, 3.05) is 0 Å². The third-order valence-electron chi connectivity index (χ3n) is 6.61. The van der Waals surface area contributed by atoms with Crippen LogP contribution in [0.25, 0.3) is 0 Å². The highest BCUT2D eigenvalue weighted by molar-refractivity contribution is 5.79. The molecule has 3 aliphatic carbocycles. The average Bonchev–Trinajstić information content (AvgIpc) is 2.40. The van der Waals surface area contributed by atoms with E-state index in [-0.39, 0.29) is 11.3 Å². The molecule has 3 rings (SSSR count). The number of nitrogens with two attached hydrogens (primary N) is 1. The average molecular weight is 292 g/mol. The summed E-state index contributed by atoms with van der Waals surface area (Å²) in [7, 11) is 0. The van der Waals surface area contributed by atoms with Gasteiger partial charge in [-0.2, -0.15) is 0 Å². The van der Waals surface area contributed by atoms with Crippen LogP contribution in [0.3, 0.4) is 0 Å². The van der Waals surface area contributed by atoms with Crippen LogP contribution in [0.2, 0.25) is 0 Å². The summed E-state index contributed by atoms with van der Waals surface area (Å²) in [6.07, 6.45) is 10.8. The Morgan fingerprint density at radius 1 is 1.05 bits per heavy atom. The van der Waals surface area contributed by atoms with Crippen LogP contribution in [0.5, 0.6) is 0 Å². The Morgan fingerprint density at radius 2 is 1.71 bits per heavy atom. The third kappa shape index (κ3) is 3.13. The van der Waals surface area contributed by atoms with Gasteiger partial charge in [0, 0.05) is 18.0 Å². The summed E-state index contributed by atoms with van der Waals surface area (Å²) >= 11 is 0. The normalized spacial score (nSPS) is 42.3. The van der Waals surface area contributed by atoms with Gasteiger partial charge in [-0.3, -0.25) is 4.79 Å². The van der Waals surface area contributed by atoms with Gasteiger partial charge in [0.25, 0.3) is 0 Å². The van der Waals surface area contributed by atoms with Crippen LogP contribution in [-0.2, 0) is 4.79 Å². The van der Waals surface area contributed by atoms with Gasteiger partial charge in [-0.1, -0.05) is 33.1 Å². The molecule has 2 bridgehead atoms. The highest BCUT2D eigenvalue weighted by Crippen LogP contribution is 2.42. The van der Waals surface area contributed by atoms with Gasteiger partial charge in [-0.15, -0.1) is 0 Å². The van der Waals surface area contributed by atoms with E-state index in [4.69, 9.17) is 5.73 Å². The molecule has 3 N–H and O–H groups in total. The molecule has 0 saturated heterocycles. The fraction of sp³-hybridized carbons (Fsp3) is 0.944. The van der Waals surface area contributed by atoms with Crippen LogP contribution in [-0.4, -0.2) is 18.0 Å². The van der Waals surface area contributed by atoms with E-state index >= 15 is 0 Å². The zero-order chi connectivity index (χ0) is 15.0. The second-order valence-corrected chi connectivity index (χ2v) is 8.49. The minimum atomic E-state index is 0.220. The number of hydrogen-bond acceptors (Lipinski definition) is 2. The lowest BCUT2D eigenvalue weighted by Crippen LogP contribution is -2.52. The van der Waals surface area contributed by atoms with Gasteiger partial charge in [-0.25, -0.2) is 0 Å². The molecular formula is C18H32N2O. The fourth-order valence-corrected chi connectivity index (χ4v) is 5.05. The number of carbonyl (C=O) groups is 1. The van der Waals surface area contributed by atoms with Gasteiger partial charge in [0.15, 0.2) is 0 Å². The molecule has 3 nitrogen and oxygen atoms in total. The van der Waals surface area contributed by atoms with E-state index in [0.29, 0.717) is 29.8 Å². The number of rotatable bonds is 2. The van der Waals surface area contributed by atoms with E-state index in [1.807, 2.05) is 0 Å². The molecule has 3 aliphatic rings. The van der Waals surface area contributed by atoms with E-state index in [0.717, 1.165) is 19.3 Å². The number of hydrogen-bond donors (Lipinski definition) is 2. The van der Waals surface area contributed by atoms with Crippen molar-refractivity contribution >= 4 is 5.91 Å². The quantitative estimate of drug-likeness (QED) is 0.821. The first kappa shape index (κ1) is 15.3. The molecule has 3 saturated carbocycles. The molecular weight excluding hydrogens is 260 g/mol. The van der Waals surface area contributed by atoms with E-state index in [1.54, 1.807) is 0 Å². The van der Waals surface area contributed by atoms with Crippen molar-refractivity contribution in [2.45, 2.75) is 83.7 Å². The van der Waals surface area contributed by atoms with Crippen LogP contribution in [0.1, 0.15) is 71.6 Å². The van der Waals surface area contributed by atoms with Crippen LogP contribution < -0.4 is 11.1 Å². The first-order valence-corrected chi connectivity index (χ1v) is 9.03. The fourth-order valence-electron chi connectivity index (χ4n) is 5.05. The SMILES string of the molecule is CC1(C)CCCCC1NC(=O)C1CC2CCCC(C1)C2N. The molecule has 1 amide bonds. The monoisotopic (exact) mass is 292 g/mol. The number of carbonyl (C=O) groups excluding carboxylic acids is 1. The van der Waals surface area contributed by atoms with Crippen molar-refractivity contribution in [2.24, 2.45) is 28.9 Å². The lowest BCUT2D eigenvalue weighted by atomic mass is 9.64. The third-order valence-corrected chi connectivity index (χ3v) is 6.61. The van der Waals surface area contributed by atoms with E-state index in [9.17, 15) is 4.79 Å². The maximum absolute atomic E-state index is 12.7. The molecule has 0 aromatic rings. The van der Waals surface area contributed by atoms with Crippen LogP contribution in [0.4, 0.5) is 0 Å². The Morgan fingerprint density at radius 3 is 2.33 bits per heavy atom. The molecule has 0 spiro atoms. The summed E-state index contributed by atoms with van der Waals surface area (Å²) in [6.45, 7) is 4.62. The van der Waals surface area contributed by atoms with Crippen LogP contribution in [0, 0.1) is 23.2 Å². The molecule has 120 valence electrons. The van der Waals surface area contributed by atoms with Crippen molar-refractivity contribution in [1.29, 1.82) is 0 Å². The molecule has 0 radical (unpaired) electrons. The van der Waals surface area contributed by atoms with Gasteiger partial charge in [-0.05, 0) is 55.8 Å². The zero-order valence-electron chi connectivity index (χ0n) is 13.7. The van der Waals surface area contributed by atoms with E-state index < -0.39 is 0 Å². The maximum Gasteiger partial charge on any atom is 0.223 e. The van der Waals surface area contributed by atoms with Crippen molar-refractivity contribution in [1.82, 2.24) is 5.32 Å². The van der Waals surface area contributed by atoms with Crippen molar-refractivity contribution in [3.8, 4) is 0 Å². The predicted octanol–water partition coefficient (Wildman–Crippen LogP) is 3.23. The smallest absolute Gasteiger partial charge is 0.223 e. The molecule has 3 unspecified atom stereocenters. The molecule has 0 aromatic carbocycles. The first-order chi connectivity index (χ1) is 9.97. The van der Waals surface area contributed by atoms with Crippen LogP contribution >= 0.6 is 0 Å².